The number of fused-ring (bicyclic) bond motifs is 1. The predicted molar refractivity (Wildman–Crippen MR) is 87.2 cm³/mol. The molecule has 1 fully saturated rings. The van der Waals surface area contributed by atoms with Crippen molar-refractivity contribution in [3.63, 3.8) is 0 Å². The van der Waals surface area contributed by atoms with Crippen molar-refractivity contribution in [2.24, 2.45) is 11.7 Å². The number of nitrogens with one attached hydrogen (secondary N) is 1. The maximum Gasteiger partial charge on any atom is 0.223 e. The molecule has 4 N–H and O–H groups in total. The van der Waals surface area contributed by atoms with Crippen LogP contribution in [0.15, 0.2) is 42.5 Å². The van der Waals surface area contributed by atoms with E-state index in [0.29, 0.717) is 0 Å². The van der Waals surface area contributed by atoms with Gasteiger partial charge in [-0.1, -0.05) is 36.4 Å². The molecule has 22 heavy (non-hydrogen) atoms. The first-order valence-electron chi connectivity index (χ1n) is 7.83. The van der Waals surface area contributed by atoms with Crippen LogP contribution in [0.3, 0.4) is 0 Å². The minimum Gasteiger partial charge on any atom is -0.387 e. The lowest BCUT2D eigenvalue weighted by Gasteiger charge is -2.15. The number of benzene rings is 2. The SMILES string of the molecule is NC1CCC(C(=O)NCC(O)c2ccc3ccccc3c2)C1. The first kappa shape index (κ1) is 15.0. The number of carbonyl (C=O) groups is 1. The van der Waals surface area contributed by atoms with Crippen molar-refractivity contribution in [2.75, 3.05) is 6.54 Å². The first-order valence-corrected chi connectivity index (χ1v) is 7.83. The highest BCUT2D eigenvalue weighted by Gasteiger charge is 2.27. The van der Waals surface area contributed by atoms with E-state index in [1.54, 1.807) is 0 Å². The van der Waals surface area contributed by atoms with Crippen molar-refractivity contribution >= 4 is 16.7 Å². The number of carbonyl (C=O) groups excluding carboxylic acids is 1. The smallest absolute Gasteiger partial charge is 0.223 e. The molecule has 0 bridgehead atoms. The molecule has 2 aromatic rings. The van der Waals surface area contributed by atoms with Gasteiger partial charge in [0.25, 0.3) is 0 Å². The molecule has 1 aliphatic carbocycles. The van der Waals surface area contributed by atoms with Crippen molar-refractivity contribution in [3.05, 3.63) is 48.0 Å². The monoisotopic (exact) mass is 298 g/mol. The summed E-state index contributed by atoms with van der Waals surface area (Å²) in [5.41, 5.74) is 6.65. The quantitative estimate of drug-likeness (QED) is 0.809. The maximum atomic E-state index is 12.1. The highest BCUT2D eigenvalue weighted by Crippen LogP contribution is 2.24. The average molecular weight is 298 g/mol. The summed E-state index contributed by atoms with van der Waals surface area (Å²) in [6, 6.07) is 14.0. The van der Waals surface area contributed by atoms with Crippen molar-refractivity contribution in [2.45, 2.75) is 31.4 Å². The van der Waals surface area contributed by atoms with E-state index >= 15 is 0 Å². The average Bonchev–Trinajstić information content (AvgIpc) is 2.98. The third-order valence-electron chi connectivity index (χ3n) is 4.47. The first-order chi connectivity index (χ1) is 10.6. The topological polar surface area (TPSA) is 75.4 Å². The Morgan fingerprint density at radius 1 is 1.23 bits per heavy atom. The molecule has 2 aromatic carbocycles. The third-order valence-corrected chi connectivity index (χ3v) is 4.47. The summed E-state index contributed by atoms with van der Waals surface area (Å²) in [5.74, 6) is 0.00610. The summed E-state index contributed by atoms with van der Waals surface area (Å²) in [4.78, 5) is 12.1. The van der Waals surface area contributed by atoms with Gasteiger partial charge in [0.1, 0.15) is 0 Å². The lowest BCUT2D eigenvalue weighted by atomic mass is 10.0. The zero-order chi connectivity index (χ0) is 15.5. The standard InChI is InChI=1S/C18H22N2O2/c19-16-8-7-15(10-16)18(22)20-11-17(21)14-6-5-12-3-1-2-4-13(12)9-14/h1-6,9,15-17,21H,7-8,10-11,19H2,(H,20,22). The Kier molecular flexibility index (Phi) is 4.41. The van der Waals surface area contributed by atoms with Gasteiger partial charge in [0.2, 0.25) is 5.91 Å². The van der Waals surface area contributed by atoms with Crippen molar-refractivity contribution < 1.29 is 9.90 Å². The molecule has 4 heteroatoms. The van der Waals surface area contributed by atoms with Crippen molar-refractivity contribution in [3.8, 4) is 0 Å². The third kappa shape index (κ3) is 3.29. The molecular weight excluding hydrogens is 276 g/mol. The normalized spacial score (nSPS) is 22.6. The van der Waals surface area contributed by atoms with Gasteiger partial charge in [-0.2, -0.15) is 0 Å². The minimum absolute atomic E-state index is 0.00111. The van der Waals surface area contributed by atoms with Crippen LogP contribution < -0.4 is 11.1 Å². The van der Waals surface area contributed by atoms with E-state index in [0.717, 1.165) is 35.6 Å². The number of rotatable bonds is 4. The molecule has 3 atom stereocenters. The van der Waals surface area contributed by atoms with Crippen LogP contribution in [0.4, 0.5) is 0 Å². The Labute approximate surface area is 130 Å². The number of hydrogen-bond donors (Lipinski definition) is 3. The molecule has 3 rings (SSSR count). The summed E-state index contributed by atoms with van der Waals surface area (Å²) in [6.07, 6.45) is 1.81. The van der Waals surface area contributed by atoms with E-state index < -0.39 is 6.10 Å². The Hall–Kier alpha value is -1.91. The second kappa shape index (κ2) is 6.46. The van der Waals surface area contributed by atoms with Crippen LogP contribution in [0, 0.1) is 5.92 Å². The molecule has 0 spiro atoms. The number of hydrogen-bond acceptors (Lipinski definition) is 3. The van der Waals surface area contributed by atoms with Gasteiger partial charge in [-0.25, -0.2) is 0 Å². The maximum absolute atomic E-state index is 12.1. The van der Waals surface area contributed by atoms with Gasteiger partial charge in [-0.3, -0.25) is 4.79 Å². The molecule has 0 aromatic heterocycles. The summed E-state index contributed by atoms with van der Waals surface area (Å²) in [7, 11) is 0. The van der Waals surface area contributed by atoms with Gasteiger partial charge in [0.05, 0.1) is 6.10 Å². The molecular formula is C18H22N2O2. The van der Waals surface area contributed by atoms with Gasteiger partial charge in [0, 0.05) is 18.5 Å². The molecule has 1 aliphatic rings. The molecule has 1 amide bonds. The van der Waals surface area contributed by atoms with Crippen molar-refractivity contribution in [1.82, 2.24) is 5.32 Å². The van der Waals surface area contributed by atoms with Crippen molar-refractivity contribution in [1.29, 1.82) is 0 Å². The van der Waals surface area contributed by atoms with Gasteiger partial charge >= 0.3 is 0 Å². The fourth-order valence-electron chi connectivity index (χ4n) is 3.13. The summed E-state index contributed by atoms with van der Waals surface area (Å²) in [5, 5.41) is 15.4. The van der Waals surface area contributed by atoms with Crippen LogP contribution in [0.25, 0.3) is 10.8 Å². The lowest BCUT2D eigenvalue weighted by molar-refractivity contribution is -0.125. The zero-order valence-corrected chi connectivity index (χ0v) is 12.5. The fraction of sp³-hybridized carbons (Fsp3) is 0.389. The molecule has 116 valence electrons. The number of nitrogens with two attached hydrogens (primary N) is 1. The molecule has 1 saturated carbocycles. The molecule has 0 aliphatic heterocycles. The van der Waals surface area contributed by atoms with Gasteiger partial charge in [-0.15, -0.1) is 0 Å². The highest BCUT2D eigenvalue weighted by atomic mass is 16.3. The lowest BCUT2D eigenvalue weighted by Crippen LogP contribution is -2.33. The predicted octanol–water partition coefficient (Wildman–Crippen LogP) is 2.12. The van der Waals surface area contributed by atoms with Gasteiger partial charge in [0.15, 0.2) is 0 Å². The van der Waals surface area contributed by atoms with E-state index in [1.807, 2.05) is 42.5 Å². The second-order valence-corrected chi connectivity index (χ2v) is 6.14. The van der Waals surface area contributed by atoms with E-state index in [4.69, 9.17) is 5.73 Å². The Bertz CT molecular complexity index is 671. The Balaban J connectivity index is 1.60. The van der Waals surface area contributed by atoms with Crippen LogP contribution in [-0.2, 0) is 4.79 Å². The Morgan fingerprint density at radius 3 is 2.73 bits per heavy atom. The second-order valence-electron chi connectivity index (χ2n) is 6.14. The van der Waals surface area contributed by atoms with Gasteiger partial charge < -0.3 is 16.2 Å². The molecule has 4 nitrogen and oxygen atoms in total. The van der Waals surface area contributed by atoms with Crippen LogP contribution in [0.5, 0.6) is 0 Å². The van der Waals surface area contributed by atoms with Crippen LogP contribution in [0.2, 0.25) is 0 Å². The Morgan fingerprint density at radius 2 is 2.00 bits per heavy atom. The van der Waals surface area contributed by atoms with E-state index in [-0.39, 0.29) is 24.4 Å². The zero-order valence-electron chi connectivity index (χ0n) is 12.5. The number of amides is 1. The van der Waals surface area contributed by atoms with E-state index in [2.05, 4.69) is 5.32 Å². The molecule has 0 radical (unpaired) electrons. The fourth-order valence-corrected chi connectivity index (χ4v) is 3.13. The number of aliphatic hydroxyl groups excluding tert-OH is 1. The van der Waals surface area contributed by atoms with E-state index in [9.17, 15) is 9.90 Å². The summed E-state index contributed by atoms with van der Waals surface area (Å²) < 4.78 is 0. The van der Waals surface area contributed by atoms with Crippen LogP contribution in [-0.4, -0.2) is 23.6 Å². The summed E-state index contributed by atoms with van der Waals surface area (Å²) >= 11 is 0. The summed E-state index contributed by atoms with van der Waals surface area (Å²) in [6.45, 7) is 0.239. The van der Waals surface area contributed by atoms with Crippen LogP contribution >= 0.6 is 0 Å². The van der Waals surface area contributed by atoms with Gasteiger partial charge in [-0.05, 0) is 41.7 Å². The molecule has 0 heterocycles. The highest BCUT2D eigenvalue weighted by molar-refractivity contribution is 5.83. The van der Waals surface area contributed by atoms with Crippen LogP contribution in [0.1, 0.15) is 30.9 Å². The molecule has 0 saturated heterocycles. The molecule has 3 unspecified atom stereocenters. The largest absolute Gasteiger partial charge is 0.387 e. The minimum atomic E-state index is -0.691. The number of aliphatic hydroxyl groups is 1. The van der Waals surface area contributed by atoms with E-state index in [1.165, 1.54) is 0 Å².